The Hall–Kier alpha value is -2.31. The highest BCUT2D eigenvalue weighted by Gasteiger charge is 2.51. The first-order chi connectivity index (χ1) is 38.1. The van der Waals surface area contributed by atoms with Crippen molar-refractivity contribution in [3.8, 4) is 0 Å². The summed E-state index contributed by atoms with van der Waals surface area (Å²) in [5.41, 5.74) is 0. The summed E-state index contributed by atoms with van der Waals surface area (Å²) in [5.74, 6) is -0.260. The topological polar surface area (TPSA) is 228 Å². The van der Waals surface area contributed by atoms with Gasteiger partial charge in [0, 0.05) is 6.42 Å². The molecular weight excluding hydrogens is 991 g/mol. The lowest BCUT2D eigenvalue weighted by atomic mass is 9.97. The fourth-order valence-corrected chi connectivity index (χ4v) is 10.1. The zero-order chi connectivity index (χ0) is 56.7. The normalized spacial score (nSPS) is 24.9. The lowest BCUT2D eigenvalue weighted by Crippen LogP contribution is -2.65. The summed E-state index contributed by atoms with van der Waals surface area (Å²) in [5, 5.41) is 87.1. The predicted molar refractivity (Wildman–Crippen MR) is 314 cm³/mol. The molecule has 12 unspecified atom stereocenters. The monoisotopic (exact) mass is 1110 g/mol. The molecule has 14 heteroatoms. The molecule has 2 fully saturated rings. The van der Waals surface area contributed by atoms with Crippen LogP contribution >= 0.6 is 0 Å². The number of allylic oxidation sites excluding steroid dienone is 9. The van der Waals surface area contributed by atoms with Crippen molar-refractivity contribution in [1.82, 2.24) is 5.32 Å². The minimum atomic E-state index is -1.79. The standard InChI is InChI=1S/C64H115NO13/c1-3-5-7-9-11-13-15-17-19-21-22-23-24-25-26-27-28-29-30-32-33-35-37-39-41-43-45-47-53(68)52(65-56(69)48-46-44-42-40-38-36-34-31-20-18-16-14-12-10-8-6-4-2)51-75-63-61(74)59(72)62(55(50-67)77-63)78-64-60(73)58(71)57(70)54(49-66)76-64/h6,8,12,14,18,20,37,39,45,47,52-55,57-64,66-68,70-74H,3-5,7,9-11,13,15-17,19,21-36,38,40-44,46,48-51H2,1-2H3,(H,65,69)/b8-6-,14-12-,20-18-,39-37+,47-45+. The van der Waals surface area contributed by atoms with Crippen molar-refractivity contribution in [2.45, 2.75) is 319 Å². The van der Waals surface area contributed by atoms with Crippen LogP contribution in [0.25, 0.3) is 0 Å². The Balaban J connectivity index is 1.74. The van der Waals surface area contributed by atoms with Crippen molar-refractivity contribution >= 4 is 5.91 Å². The minimum Gasteiger partial charge on any atom is -0.394 e. The van der Waals surface area contributed by atoms with E-state index in [0.29, 0.717) is 12.8 Å². The molecule has 0 spiro atoms. The van der Waals surface area contributed by atoms with Gasteiger partial charge in [0.1, 0.15) is 48.8 Å². The molecule has 2 aliphatic rings. The van der Waals surface area contributed by atoms with Crippen LogP contribution < -0.4 is 5.32 Å². The zero-order valence-corrected chi connectivity index (χ0v) is 48.9. The van der Waals surface area contributed by atoms with Crippen LogP contribution in [0.5, 0.6) is 0 Å². The van der Waals surface area contributed by atoms with Crippen molar-refractivity contribution in [1.29, 1.82) is 0 Å². The average molecular weight is 1110 g/mol. The van der Waals surface area contributed by atoms with Gasteiger partial charge in [-0.15, -0.1) is 0 Å². The molecule has 9 N–H and O–H groups in total. The van der Waals surface area contributed by atoms with Crippen molar-refractivity contribution in [3.63, 3.8) is 0 Å². The van der Waals surface area contributed by atoms with Crippen LogP contribution in [-0.4, -0.2) is 140 Å². The number of ether oxygens (including phenoxy) is 4. The largest absolute Gasteiger partial charge is 0.394 e. The summed E-state index contributed by atoms with van der Waals surface area (Å²) in [7, 11) is 0. The molecule has 0 aromatic heterocycles. The van der Waals surface area contributed by atoms with Crippen LogP contribution in [0.1, 0.15) is 245 Å². The molecule has 0 aromatic rings. The van der Waals surface area contributed by atoms with Gasteiger partial charge in [-0.25, -0.2) is 0 Å². The summed E-state index contributed by atoms with van der Waals surface area (Å²) in [6.07, 6.45) is 47.0. The van der Waals surface area contributed by atoms with E-state index < -0.39 is 86.8 Å². The molecule has 0 radical (unpaired) electrons. The molecular formula is C64H115NO13. The molecule has 12 atom stereocenters. The molecule has 14 nitrogen and oxygen atoms in total. The van der Waals surface area contributed by atoms with Crippen molar-refractivity contribution < 1.29 is 64.6 Å². The van der Waals surface area contributed by atoms with Gasteiger partial charge in [-0.1, -0.05) is 235 Å². The van der Waals surface area contributed by atoms with E-state index in [1.807, 2.05) is 6.08 Å². The van der Waals surface area contributed by atoms with Gasteiger partial charge in [0.05, 0.1) is 32.0 Å². The number of aliphatic hydroxyl groups is 8. The van der Waals surface area contributed by atoms with Crippen LogP contribution in [0.15, 0.2) is 60.8 Å². The van der Waals surface area contributed by atoms with E-state index in [1.54, 1.807) is 6.08 Å². The highest BCUT2D eigenvalue weighted by Crippen LogP contribution is 2.30. The van der Waals surface area contributed by atoms with Crippen molar-refractivity contribution in [2.75, 3.05) is 19.8 Å². The number of nitrogens with one attached hydrogen (secondary N) is 1. The molecule has 2 aliphatic heterocycles. The number of hydrogen-bond acceptors (Lipinski definition) is 13. The number of unbranched alkanes of at least 4 members (excludes halogenated alkanes) is 29. The molecule has 0 aromatic carbocycles. The van der Waals surface area contributed by atoms with Gasteiger partial charge in [-0.2, -0.15) is 0 Å². The third-order valence-corrected chi connectivity index (χ3v) is 15.2. The number of amides is 1. The smallest absolute Gasteiger partial charge is 0.220 e. The maximum atomic E-state index is 13.3. The van der Waals surface area contributed by atoms with E-state index in [-0.39, 0.29) is 18.9 Å². The number of aliphatic hydroxyl groups excluding tert-OH is 8. The van der Waals surface area contributed by atoms with Gasteiger partial charge in [0.2, 0.25) is 5.91 Å². The second-order valence-electron chi connectivity index (χ2n) is 22.1. The number of carbonyl (C=O) groups is 1. The van der Waals surface area contributed by atoms with E-state index in [0.717, 1.165) is 70.6 Å². The Morgan fingerprint density at radius 1 is 0.474 bits per heavy atom. The van der Waals surface area contributed by atoms with Crippen LogP contribution in [0.3, 0.4) is 0 Å². The maximum Gasteiger partial charge on any atom is 0.220 e. The number of carbonyl (C=O) groups excluding carboxylic acids is 1. The van der Waals surface area contributed by atoms with E-state index >= 15 is 0 Å². The molecule has 2 heterocycles. The van der Waals surface area contributed by atoms with E-state index in [9.17, 15) is 45.6 Å². The summed E-state index contributed by atoms with van der Waals surface area (Å²) in [6.45, 7) is 2.68. The molecule has 1 amide bonds. The summed E-state index contributed by atoms with van der Waals surface area (Å²) in [4.78, 5) is 13.3. The highest BCUT2D eigenvalue weighted by molar-refractivity contribution is 5.76. The fourth-order valence-electron chi connectivity index (χ4n) is 10.1. The second-order valence-corrected chi connectivity index (χ2v) is 22.1. The zero-order valence-electron chi connectivity index (χ0n) is 48.9. The first-order valence-corrected chi connectivity index (χ1v) is 31.5. The predicted octanol–water partition coefficient (Wildman–Crippen LogP) is 11.3. The third-order valence-electron chi connectivity index (χ3n) is 15.2. The Morgan fingerprint density at radius 2 is 0.897 bits per heavy atom. The Labute approximate surface area is 473 Å². The van der Waals surface area contributed by atoms with Crippen molar-refractivity contribution in [3.05, 3.63) is 60.8 Å². The molecule has 2 saturated heterocycles. The van der Waals surface area contributed by atoms with E-state index in [2.05, 4.69) is 67.8 Å². The minimum absolute atomic E-state index is 0.260. The second kappa shape index (κ2) is 49.3. The van der Waals surface area contributed by atoms with Crippen LogP contribution in [-0.2, 0) is 23.7 Å². The molecule has 0 aliphatic carbocycles. The van der Waals surface area contributed by atoms with Gasteiger partial charge in [-0.05, 0) is 64.2 Å². The lowest BCUT2D eigenvalue weighted by molar-refractivity contribution is -0.359. The van der Waals surface area contributed by atoms with E-state index in [1.165, 1.54) is 141 Å². The molecule has 0 saturated carbocycles. The molecule has 78 heavy (non-hydrogen) atoms. The Bertz CT molecular complexity index is 1540. The van der Waals surface area contributed by atoms with Gasteiger partial charge in [0.25, 0.3) is 0 Å². The lowest BCUT2D eigenvalue weighted by Gasteiger charge is -2.46. The SMILES string of the molecule is CC/C=C\C/C=C\C/C=C\CCCCCCCCCC(=O)NC(COC1OC(CO)C(OC2OC(CO)C(O)C(O)C2O)C(O)C1O)C(O)/C=C/CC/C=C/CCCCCCCCCCCCCCCCCCCCCCC. The number of hydrogen-bond donors (Lipinski definition) is 9. The highest BCUT2D eigenvalue weighted by atomic mass is 16.7. The van der Waals surface area contributed by atoms with Crippen molar-refractivity contribution in [2.24, 2.45) is 0 Å². The first-order valence-electron chi connectivity index (χ1n) is 31.5. The molecule has 0 bridgehead atoms. The van der Waals surface area contributed by atoms with E-state index in [4.69, 9.17) is 18.9 Å². The fraction of sp³-hybridized carbons (Fsp3) is 0.828. The summed E-state index contributed by atoms with van der Waals surface area (Å²) < 4.78 is 22.8. The van der Waals surface area contributed by atoms with Gasteiger partial charge >= 0.3 is 0 Å². The number of rotatable bonds is 50. The van der Waals surface area contributed by atoms with Gasteiger partial charge in [0.15, 0.2) is 12.6 Å². The first kappa shape index (κ1) is 71.8. The summed E-state index contributed by atoms with van der Waals surface area (Å²) >= 11 is 0. The molecule has 454 valence electrons. The van der Waals surface area contributed by atoms with Crippen LogP contribution in [0.4, 0.5) is 0 Å². The van der Waals surface area contributed by atoms with Gasteiger partial charge < -0.3 is 65.1 Å². The Morgan fingerprint density at radius 3 is 1.41 bits per heavy atom. The third kappa shape index (κ3) is 34.2. The van der Waals surface area contributed by atoms with Gasteiger partial charge in [-0.3, -0.25) is 4.79 Å². The maximum absolute atomic E-state index is 13.3. The summed E-state index contributed by atoms with van der Waals surface area (Å²) in [6, 6.07) is -0.940. The van der Waals surface area contributed by atoms with Crippen LogP contribution in [0.2, 0.25) is 0 Å². The average Bonchev–Trinajstić information content (AvgIpc) is 3.48. The Kier molecular flexibility index (Phi) is 45.4. The van der Waals surface area contributed by atoms with Crippen LogP contribution in [0, 0.1) is 0 Å². The molecule has 2 rings (SSSR count). The quantitative estimate of drug-likeness (QED) is 0.0204.